The van der Waals surface area contributed by atoms with Crippen LogP contribution >= 0.6 is 11.6 Å². The van der Waals surface area contributed by atoms with Crippen molar-refractivity contribution in [3.63, 3.8) is 0 Å². The maximum atomic E-state index is 5.46. The monoisotopic (exact) mass is 171 g/mol. The quantitative estimate of drug-likeness (QED) is 0.700. The van der Waals surface area contributed by atoms with Crippen molar-refractivity contribution in [1.82, 2.24) is 9.97 Å². The second-order valence-electron chi connectivity index (χ2n) is 2.20. The number of nitrogens with one attached hydrogen (secondary N) is 1. The first-order valence-electron chi connectivity index (χ1n) is 3.41. The third-order valence-corrected chi connectivity index (χ3v) is 1.35. The van der Waals surface area contributed by atoms with Crippen LogP contribution in [0.3, 0.4) is 0 Å². The van der Waals surface area contributed by atoms with E-state index in [4.69, 9.17) is 11.6 Å². The number of nitrogens with zero attached hydrogens (tertiary/aromatic N) is 2. The van der Waals surface area contributed by atoms with Crippen LogP contribution in [-0.2, 0) is 0 Å². The number of halogens is 1. The molecule has 0 aliphatic carbocycles. The van der Waals surface area contributed by atoms with Gasteiger partial charge in [-0.25, -0.2) is 9.97 Å². The van der Waals surface area contributed by atoms with Gasteiger partial charge in [0.25, 0.3) is 0 Å². The molecule has 0 amide bonds. The molecular weight excluding hydrogens is 162 g/mol. The van der Waals surface area contributed by atoms with Crippen molar-refractivity contribution in [2.45, 2.75) is 6.92 Å². The Labute approximate surface area is 70.8 Å². The fourth-order valence-electron chi connectivity index (χ4n) is 0.643. The SMILES string of the molecule is Cc1cnc(NCCCl)nc1. The summed E-state index contributed by atoms with van der Waals surface area (Å²) in [6, 6.07) is 0. The molecule has 1 N–H and O–H groups in total. The van der Waals surface area contributed by atoms with Crippen LogP contribution in [0.4, 0.5) is 5.95 Å². The van der Waals surface area contributed by atoms with Gasteiger partial charge in [-0.05, 0) is 12.5 Å². The number of anilines is 1. The maximum Gasteiger partial charge on any atom is 0.222 e. The van der Waals surface area contributed by atoms with Gasteiger partial charge in [-0.15, -0.1) is 11.6 Å². The zero-order valence-corrected chi connectivity index (χ0v) is 7.10. The molecule has 0 aromatic carbocycles. The smallest absolute Gasteiger partial charge is 0.222 e. The summed E-state index contributed by atoms with van der Waals surface area (Å²) in [5, 5.41) is 2.97. The summed E-state index contributed by atoms with van der Waals surface area (Å²) >= 11 is 5.46. The molecule has 0 aliphatic rings. The number of hydrogen-bond acceptors (Lipinski definition) is 3. The minimum Gasteiger partial charge on any atom is -0.353 e. The van der Waals surface area contributed by atoms with Gasteiger partial charge in [0, 0.05) is 24.8 Å². The number of aromatic nitrogens is 2. The Balaban J connectivity index is 2.52. The maximum absolute atomic E-state index is 5.46. The highest BCUT2D eigenvalue weighted by atomic mass is 35.5. The summed E-state index contributed by atoms with van der Waals surface area (Å²) < 4.78 is 0. The molecule has 0 fully saturated rings. The molecule has 1 aromatic heterocycles. The van der Waals surface area contributed by atoms with E-state index < -0.39 is 0 Å². The molecule has 0 atom stereocenters. The predicted octanol–water partition coefficient (Wildman–Crippen LogP) is 1.44. The fourth-order valence-corrected chi connectivity index (χ4v) is 0.737. The average Bonchev–Trinajstić information content (AvgIpc) is 2.04. The third-order valence-electron chi connectivity index (χ3n) is 1.16. The van der Waals surface area contributed by atoms with Crippen LogP contribution in [0.5, 0.6) is 0 Å². The van der Waals surface area contributed by atoms with Crippen molar-refractivity contribution < 1.29 is 0 Å². The molecule has 1 aromatic rings. The normalized spacial score (nSPS) is 9.64. The Hall–Kier alpha value is -0.830. The molecule has 0 unspecified atom stereocenters. The number of aryl methyl sites for hydroxylation is 1. The molecule has 0 saturated carbocycles. The topological polar surface area (TPSA) is 37.8 Å². The van der Waals surface area contributed by atoms with Crippen LogP contribution in [0.1, 0.15) is 5.56 Å². The molecule has 11 heavy (non-hydrogen) atoms. The zero-order valence-electron chi connectivity index (χ0n) is 6.34. The second kappa shape index (κ2) is 4.13. The lowest BCUT2D eigenvalue weighted by Crippen LogP contribution is -2.05. The van der Waals surface area contributed by atoms with Gasteiger partial charge in [-0.1, -0.05) is 0 Å². The molecule has 4 heteroatoms. The van der Waals surface area contributed by atoms with Crippen LogP contribution < -0.4 is 5.32 Å². The zero-order chi connectivity index (χ0) is 8.10. The summed E-state index contributed by atoms with van der Waals surface area (Å²) in [5.74, 6) is 1.20. The minimum atomic E-state index is 0.567. The van der Waals surface area contributed by atoms with Gasteiger partial charge in [0.15, 0.2) is 0 Å². The van der Waals surface area contributed by atoms with E-state index in [1.807, 2.05) is 6.92 Å². The Morgan fingerprint density at radius 3 is 2.64 bits per heavy atom. The Morgan fingerprint density at radius 1 is 1.45 bits per heavy atom. The number of alkyl halides is 1. The van der Waals surface area contributed by atoms with Crippen LogP contribution in [0.15, 0.2) is 12.4 Å². The minimum absolute atomic E-state index is 0.567. The van der Waals surface area contributed by atoms with E-state index in [0.29, 0.717) is 18.4 Å². The van der Waals surface area contributed by atoms with Crippen LogP contribution in [-0.4, -0.2) is 22.4 Å². The average molecular weight is 172 g/mol. The fraction of sp³-hybridized carbons (Fsp3) is 0.429. The van der Waals surface area contributed by atoms with E-state index in [-0.39, 0.29) is 0 Å². The van der Waals surface area contributed by atoms with E-state index in [9.17, 15) is 0 Å². The van der Waals surface area contributed by atoms with Crippen molar-refractivity contribution in [3.8, 4) is 0 Å². The molecule has 0 bridgehead atoms. The molecule has 0 saturated heterocycles. The summed E-state index contributed by atoms with van der Waals surface area (Å²) in [4.78, 5) is 8.07. The first-order chi connectivity index (χ1) is 5.33. The lowest BCUT2D eigenvalue weighted by atomic mass is 10.4. The largest absolute Gasteiger partial charge is 0.353 e. The lowest BCUT2D eigenvalue weighted by Gasteiger charge is -2.00. The summed E-state index contributed by atoms with van der Waals surface area (Å²) in [6.45, 7) is 2.65. The first-order valence-corrected chi connectivity index (χ1v) is 3.95. The van der Waals surface area contributed by atoms with Gasteiger partial charge in [0.1, 0.15) is 0 Å². The van der Waals surface area contributed by atoms with Crippen LogP contribution in [0, 0.1) is 6.92 Å². The molecule has 1 heterocycles. The van der Waals surface area contributed by atoms with Crippen molar-refractivity contribution in [1.29, 1.82) is 0 Å². The van der Waals surface area contributed by atoms with E-state index >= 15 is 0 Å². The third kappa shape index (κ3) is 2.72. The van der Waals surface area contributed by atoms with Crippen molar-refractivity contribution in [2.75, 3.05) is 17.7 Å². The van der Waals surface area contributed by atoms with Gasteiger partial charge >= 0.3 is 0 Å². The van der Waals surface area contributed by atoms with E-state index in [2.05, 4.69) is 15.3 Å². The van der Waals surface area contributed by atoms with Gasteiger partial charge in [-0.2, -0.15) is 0 Å². The van der Waals surface area contributed by atoms with Crippen molar-refractivity contribution in [2.24, 2.45) is 0 Å². The summed E-state index contributed by atoms with van der Waals surface area (Å²) in [5.41, 5.74) is 1.06. The molecule has 0 radical (unpaired) electrons. The molecule has 0 aliphatic heterocycles. The summed E-state index contributed by atoms with van der Waals surface area (Å²) in [6.07, 6.45) is 3.53. The molecule has 60 valence electrons. The molecule has 3 nitrogen and oxygen atoms in total. The van der Waals surface area contributed by atoms with Crippen molar-refractivity contribution >= 4 is 17.5 Å². The van der Waals surface area contributed by atoms with E-state index in [1.165, 1.54) is 0 Å². The second-order valence-corrected chi connectivity index (χ2v) is 2.58. The lowest BCUT2D eigenvalue weighted by molar-refractivity contribution is 1.07. The van der Waals surface area contributed by atoms with Gasteiger partial charge in [0.05, 0.1) is 0 Å². The first kappa shape index (κ1) is 8.27. The van der Waals surface area contributed by atoms with Gasteiger partial charge in [-0.3, -0.25) is 0 Å². The Morgan fingerprint density at radius 2 is 2.09 bits per heavy atom. The molecular formula is C7H10ClN3. The van der Waals surface area contributed by atoms with Gasteiger partial charge in [0.2, 0.25) is 5.95 Å². The number of rotatable bonds is 3. The molecule has 1 rings (SSSR count). The predicted molar refractivity (Wildman–Crippen MR) is 46.0 cm³/mol. The highest BCUT2D eigenvalue weighted by Gasteiger charge is 1.91. The number of hydrogen-bond donors (Lipinski definition) is 1. The Bertz CT molecular complexity index is 209. The standard InChI is InChI=1S/C7H10ClN3/c1-6-4-10-7(11-5-6)9-3-2-8/h4-5H,2-3H2,1H3,(H,9,10,11). The molecule has 0 spiro atoms. The highest BCUT2D eigenvalue weighted by Crippen LogP contribution is 1.97. The van der Waals surface area contributed by atoms with Crippen LogP contribution in [0.2, 0.25) is 0 Å². The van der Waals surface area contributed by atoms with Crippen molar-refractivity contribution in [3.05, 3.63) is 18.0 Å². The van der Waals surface area contributed by atoms with Gasteiger partial charge < -0.3 is 5.32 Å². The highest BCUT2D eigenvalue weighted by molar-refractivity contribution is 6.18. The van der Waals surface area contributed by atoms with Crippen LogP contribution in [0.25, 0.3) is 0 Å². The van der Waals surface area contributed by atoms with E-state index in [1.54, 1.807) is 12.4 Å². The summed E-state index contributed by atoms with van der Waals surface area (Å²) in [7, 11) is 0. The van der Waals surface area contributed by atoms with E-state index in [0.717, 1.165) is 5.56 Å². The Kier molecular flexibility index (Phi) is 3.11.